The fourth-order valence-corrected chi connectivity index (χ4v) is 7.28. The first-order valence-electron chi connectivity index (χ1n) is 18.7. The summed E-state index contributed by atoms with van der Waals surface area (Å²) in [6, 6.07) is 0. The van der Waals surface area contributed by atoms with Crippen molar-refractivity contribution in [2.45, 2.75) is 216 Å². The number of unbranched alkanes of at least 4 members (excludes halogenated alkanes) is 9. The monoisotopic (exact) mass is 638 g/mol. The molecule has 3 heterocycles. The Balaban J connectivity index is 1.16. The third-order valence-corrected chi connectivity index (χ3v) is 10.1. The van der Waals surface area contributed by atoms with Gasteiger partial charge in [0.15, 0.2) is 0 Å². The molecule has 3 rings (SSSR count). The van der Waals surface area contributed by atoms with Gasteiger partial charge in [-0.1, -0.05) is 71.1 Å². The summed E-state index contributed by atoms with van der Waals surface area (Å²) in [5.41, 5.74) is 0.834. The van der Waals surface area contributed by atoms with Crippen LogP contribution in [0.3, 0.4) is 0 Å². The van der Waals surface area contributed by atoms with Crippen molar-refractivity contribution in [3.8, 4) is 0 Å². The van der Waals surface area contributed by atoms with Crippen LogP contribution in [0.4, 0.5) is 0 Å². The van der Waals surface area contributed by atoms with E-state index in [1.54, 1.807) is 0 Å². The largest absolute Gasteiger partial charge is 0.455 e. The number of cyclic esters (lactones) is 1. The maximum absolute atomic E-state index is 11.6. The highest BCUT2D eigenvalue weighted by Crippen LogP contribution is 2.34. The van der Waals surface area contributed by atoms with Crippen molar-refractivity contribution in [2.24, 2.45) is 0 Å². The molecule has 3 aliphatic rings. The van der Waals surface area contributed by atoms with Crippen LogP contribution >= 0.6 is 0 Å². The highest BCUT2D eigenvalue weighted by Gasteiger charge is 2.40. The normalized spacial score (nSPS) is 27.8. The highest BCUT2D eigenvalue weighted by molar-refractivity contribution is 5.90. The van der Waals surface area contributed by atoms with Crippen LogP contribution in [-0.4, -0.2) is 81.3 Å². The van der Waals surface area contributed by atoms with E-state index in [-0.39, 0.29) is 48.7 Å². The Morgan fingerprint density at radius 2 is 1.16 bits per heavy atom. The Kier molecular flexibility index (Phi) is 18.6. The van der Waals surface area contributed by atoms with Crippen molar-refractivity contribution in [1.82, 2.24) is 0 Å². The average molecular weight is 639 g/mol. The van der Waals surface area contributed by atoms with Crippen LogP contribution in [0.2, 0.25) is 0 Å². The van der Waals surface area contributed by atoms with Gasteiger partial charge in [0.1, 0.15) is 6.10 Å². The SMILES string of the molecule is CCCCCC[C@H](O)CCC[C@H](O)C1CC[C@H](C2CC[C@H]([C@H](O)CC[C@H](O)CCCCCCCCCC3=C[C@H](C)OC3=O)O2)O1. The van der Waals surface area contributed by atoms with Crippen molar-refractivity contribution < 1.29 is 39.4 Å². The minimum absolute atomic E-state index is 0.0381. The summed E-state index contributed by atoms with van der Waals surface area (Å²) in [7, 11) is 0. The van der Waals surface area contributed by atoms with Crippen molar-refractivity contribution in [3.05, 3.63) is 11.6 Å². The summed E-state index contributed by atoms with van der Waals surface area (Å²) in [4.78, 5) is 11.6. The summed E-state index contributed by atoms with van der Waals surface area (Å²) >= 11 is 0. The molecule has 262 valence electrons. The van der Waals surface area contributed by atoms with Gasteiger partial charge < -0.3 is 34.6 Å². The molecule has 2 saturated heterocycles. The van der Waals surface area contributed by atoms with E-state index in [9.17, 15) is 25.2 Å². The third kappa shape index (κ3) is 14.7. The molecule has 0 aliphatic carbocycles. The van der Waals surface area contributed by atoms with Gasteiger partial charge in [-0.25, -0.2) is 4.79 Å². The van der Waals surface area contributed by atoms with Crippen molar-refractivity contribution in [2.75, 3.05) is 0 Å². The first kappa shape index (κ1) is 38.4. The number of carbonyl (C=O) groups excluding carboxylic acids is 1. The summed E-state index contributed by atoms with van der Waals surface area (Å²) in [6.07, 6.45) is 21.2. The van der Waals surface area contributed by atoms with E-state index in [0.29, 0.717) is 19.3 Å². The lowest BCUT2D eigenvalue weighted by Crippen LogP contribution is -2.33. The fourth-order valence-electron chi connectivity index (χ4n) is 7.28. The molecular formula is C37H66O8. The van der Waals surface area contributed by atoms with Gasteiger partial charge in [-0.05, 0) is 96.5 Å². The van der Waals surface area contributed by atoms with Crippen molar-refractivity contribution in [3.63, 3.8) is 0 Å². The van der Waals surface area contributed by atoms with Gasteiger partial charge in [0, 0.05) is 5.57 Å². The summed E-state index contributed by atoms with van der Waals surface area (Å²) in [5.74, 6) is -0.148. The molecule has 8 nitrogen and oxygen atoms in total. The summed E-state index contributed by atoms with van der Waals surface area (Å²) in [5, 5.41) is 42.1. The van der Waals surface area contributed by atoms with Gasteiger partial charge in [0.05, 0.1) is 48.8 Å². The van der Waals surface area contributed by atoms with Gasteiger partial charge in [0.2, 0.25) is 0 Å². The van der Waals surface area contributed by atoms with E-state index in [1.807, 2.05) is 13.0 Å². The van der Waals surface area contributed by atoms with Crippen molar-refractivity contribution >= 4 is 5.97 Å². The number of carbonyl (C=O) groups is 1. The minimum Gasteiger partial charge on any atom is -0.455 e. The minimum atomic E-state index is -0.578. The van der Waals surface area contributed by atoms with E-state index in [1.165, 1.54) is 32.1 Å². The fraction of sp³-hybridized carbons (Fsp3) is 0.919. The van der Waals surface area contributed by atoms with Gasteiger partial charge in [-0.2, -0.15) is 0 Å². The molecule has 0 saturated carbocycles. The summed E-state index contributed by atoms with van der Waals surface area (Å²) < 4.78 is 17.6. The number of ether oxygens (including phenoxy) is 3. The Bertz CT molecular complexity index is 833. The number of aliphatic hydroxyl groups excluding tert-OH is 4. The number of aliphatic hydroxyl groups is 4. The molecule has 8 heteroatoms. The average Bonchev–Trinajstić information content (AvgIpc) is 3.77. The molecule has 45 heavy (non-hydrogen) atoms. The van der Waals surface area contributed by atoms with Crippen LogP contribution in [0, 0.1) is 0 Å². The number of hydrogen-bond donors (Lipinski definition) is 4. The van der Waals surface area contributed by atoms with Crippen molar-refractivity contribution in [1.29, 1.82) is 0 Å². The Morgan fingerprint density at radius 3 is 1.73 bits per heavy atom. The van der Waals surface area contributed by atoms with E-state index in [4.69, 9.17) is 14.2 Å². The number of esters is 1. The second kappa shape index (κ2) is 21.8. The zero-order valence-corrected chi connectivity index (χ0v) is 28.5. The zero-order chi connectivity index (χ0) is 32.4. The molecular weight excluding hydrogens is 572 g/mol. The van der Waals surface area contributed by atoms with Crippen LogP contribution in [0.15, 0.2) is 11.6 Å². The maximum Gasteiger partial charge on any atom is 0.334 e. The predicted octanol–water partition coefficient (Wildman–Crippen LogP) is 6.83. The zero-order valence-electron chi connectivity index (χ0n) is 28.5. The highest BCUT2D eigenvalue weighted by atomic mass is 16.6. The van der Waals surface area contributed by atoms with Gasteiger partial charge in [-0.3, -0.25) is 0 Å². The first-order chi connectivity index (χ1) is 21.8. The smallest absolute Gasteiger partial charge is 0.334 e. The second-order valence-electron chi connectivity index (χ2n) is 14.2. The van der Waals surface area contributed by atoms with Gasteiger partial charge in [0.25, 0.3) is 0 Å². The quantitative estimate of drug-likeness (QED) is 0.0634. The van der Waals surface area contributed by atoms with Crippen LogP contribution in [-0.2, 0) is 19.0 Å². The number of hydrogen-bond acceptors (Lipinski definition) is 8. The Morgan fingerprint density at radius 1 is 0.644 bits per heavy atom. The van der Waals surface area contributed by atoms with Crippen LogP contribution in [0.25, 0.3) is 0 Å². The van der Waals surface area contributed by atoms with E-state index >= 15 is 0 Å². The lowest BCUT2D eigenvalue weighted by Gasteiger charge is -2.24. The maximum atomic E-state index is 11.6. The molecule has 2 unspecified atom stereocenters. The van der Waals surface area contributed by atoms with Crippen LogP contribution in [0.5, 0.6) is 0 Å². The lowest BCUT2D eigenvalue weighted by molar-refractivity contribution is -0.139. The molecule has 0 bridgehead atoms. The molecule has 0 aromatic rings. The number of rotatable bonds is 25. The topological polar surface area (TPSA) is 126 Å². The first-order valence-corrected chi connectivity index (χ1v) is 18.7. The predicted molar refractivity (Wildman–Crippen MR) is 177 cm³/mol. The Hall–Kier alpha value is -1.03. The molecule has 4 N–H and O–H groups in total. The summed E-state index contributed by atoms with van der Waals surface area (Å²) in [6.45, 7) is 4.08. The van der Waals surface area contributed by atoms with E-state index in [0.717, 1.165) is 102 Å². The molecule has 9 atom stereocenters. The van der Waals surface area contributed by atoms with Crippen LogP contribution < -0.4 is 0 Å². The molecule has 0 radical (unpaired) electrons. The second-order valence-corrected chi connectivity index (χ2v) is 14.2. The standard InChI is InChI=1S/C37H66O8/c1-3-4-5-12-16-29(38)18-14-19-31(40)33-22-24-35(44-33)36-25-23-34(45-36)32(41)21-20-30(39)17-13-10-8-6-7-9-11-15-28-26-27(2)43-37(28)42/h26-27,29-36,38-41H,3-25H2,1-2H3/t27-,29-,30+,31-,32+,33?,34+,35+,36?/m0/s1. The molecule has 0 spiro atoms. The molecule has 3 aliphatic heterocycles. The lowest BCUT2D eigenvalue weighted by atomic mass is 9.99. The van der Waals surface area contributed by atoms with Gasteiger partial charge >= 0.3 is 5.97 Å². The Labute approximate surface area is 273 Å². The molecule has 0 aromatic carbocycles. The van der Waals surface area contributed by atoms with E-state index < -0.39 is 12.2 Å². The molecule has 2 fully saturated rings. The van der Waals surface area contributed by atoms with E-state index in [2.05, 4.69) is 6.92 Å². The third-order valence-electron chi connectivity index (χ3n) is 10.1. The van der Waals surface area contributed by atoms with Crippen LogP contribution in [0.1, 0.15) is 162 Å². The van der Waals surface area contributed by atoms with Gasteiger partial charge in [-0.15, -0.1) is 0 Å². The molecule has 0 aromatic heterocycles. The molecule has 0 amide bonds.